The Morgan fingerprint density at radius 3 is 1.24 bits per heavy atom. The van der Waals surface area contributed by atoms with Gasteiger partial charge in [0.2, 0.25) is 0 Å². The lowest BCUT2D eigenvalue weighted by molar-refractivity contribution is -0.147. The van der Waals surface area contributed by atoms with E-state index >= 15 is 0 Å². The molecule has 0 spiro atoms. The second-order valence-electron chi connectivity index (χ2n) is 6.81. The number of rotatable bonds is 13. The van der Waals surface area contributed by atoms with Crippen molar-refractivity contribution in [3.8, 4) is 0 Å². The highest BCUT2D eigenvalue weighted by Gasteiger charge is 2.34. The van der Waals surface area contributed by atoms with Crippen molar-refractivity contribution >= 4 is 18.9 Å². The Hall–Kier alpha value is -1.51. The molecule has 0 aromatic rings. The Kier molecular flexibility index (Phi) is 20.6. The van der Waals surface area contributed by atoms with Gasteiger partial charge in [-0.05, 0) is 6.92 Å². The lowest BCUT2D eigenvalue weighted by Gasteiger charge is -2.27. The van der Waals surface area contributed by atoms with Crippen LogP contribution in [0.2, 0.25) is 0 Å². The van der Waals surface area contributed by atoms with Crippen LogP contribution in [0.4, 0.5) is 0 Å². The van der Waals surface area contributed by atoms with E-state index in [1.165, 1.54) is 0 Å². The van der Waals surface area contributed by atoms with Gasteiger partial charge in [0.25, 0.3) is 0 Å². The second-order valence-corrected chi connectivity index (χ2v) is 6.81. The van der Waals surface area contributed by atoms with E-state index < -0.39 is 80.4 Å². The van der Waals surface area contributed by atoms with Crippen molar-refractivity contribution in [2.24, 2.45) is 0 Å². The molecule has 0 bridgehead atoms. The fraction of sp³-hybridized carbons (Fsp3) is 0.824. The number of aliphatic hydroxyl groups is 13. The van der Waals surface area contributed by atoms with Gasteiger partial charge in [0.15, 0.2) is 18.9 Å². The molecule has 0 aromatic heterocycles. The van der Waals surface area contributed by atoms with Crippen LogP contribution in [-0.2, 0) is 14.4 Å². The first-order valence-electron chi connectivity index (χ1n) is 9.16. The molecule has 0 saturated carbocycles. The van der Waals surface area contributed by atoms with E-state index in [1.54, 1.807) is 0 Å². The highest BCUT2D eigenvalue weighted by Crippen LogP contribution is 2.11. The topological polar surface area (TPSA) is 314 Å². The quantitative estimate of drug-likeness (QED) is 0.106. The van der Waals surface area contributed by atoms with Crippen LogP contribution >= 0.6 is 0 Å². The van der Waals surface area contributed by atoms with E-state index in [4.69, 9.17) is 66.4 Å². The van der Waals surface area contributed by atoms with Crippen LogP contribution in [0.5, 0.6) is 0 Å². The molecule has 13 N–H and O–H groups in total. The van der Waals surface area contributed by atoms with Crippen LogP contribution < -0.4 is 0 Å². The molecule has 0 fully saturated rings. The van der Waals surface area contributed by atoms with Gasteiger partial charge in [0.1, 0.15) is 60.5 Å². The highest BCUT2D eigenvalue weighted by atomic mass is 16.4. The van der Waals surface area contributed by atoms with Crippen LogP contribution in [-0.4, -0.2) is 166 Å². The van der Waals surface area contributed by atoms with E-state index in [2.05, 4.69) is 0 Å². The molecule has 33 heavy (non-hydrogen) atoms. The first-order chi connectivity index (χ1) is 15.1. The summed E-state index contributed by atoms with van der Waals surface area (Å²) in [6.07, 6.45) is -14.7. The van der Waals surface area contributed by atoms with Gasteiger partial charge in [-0.2, -0.15) is 0 Å². The summed E-state index contributed by atoms with van der Waals surface area (Å²) in [7, 11) is 0. The molecular formula is C17H34O16. The summed E-state index contributed by atoms with van der Waals surface area (Å²) in [5.41, 5.74) is -1.85. The fourth-order valence-corrected chi connectivity index (χ4v) is 1.57. The van der Waals surface area contributed by atoms with E-state index in [-0.39, 0.29) is 18.9 Å². The van der Waals surface area contributed by atoms with Crippen molar-refractivity contribution < 1.29 is 80.8 Å². The number of hydrogen-bond donors (Lipinski definition) is 13. The standard InChI is InChI=1S/C6H12O6.C6H12O5.C5H10O5/c7-1-3(9)5(11)6(12)4(10)2-8;1-6(11,3-8)5(10)4(9)2-7;6-1-3(8)5(10)4(9)2-7/h1,3-6,8-12H,2H2;2,4-5,8-11H,3H2,1H3;1,3-5,7-10H,2H2. The molecule has 16 nitrogen and oxygen atoms in total. The molecule has 0 amide bonds. The van der Waals surface area contributed by atoms with Crippen molar-refractivity contribution in [2.75, 3.05) is 19.8 Å². The molecule has 16 heteroatoms. The first kappa shape index (κ1) is 36.1. The first-order valence-corrected chi connectivity index (χ1v) is 9.16. The Balaban J connectivity index is -0.000000411. The largest absolute Gasteiger partial charge is 0.394 e. The maximum atomic E-state index is 9.91. The molecule has 198 valence electrons. The molecule has 10 atom stereocenters. The minimum Gasteiger partial charge on any atom is -0.394 e. The molecule has 0 aromatic carbocycles. The third kappa shape index (κ3) is 14.4. The van der Waals surface area contributed by atoms with Crippen molar-refractivity contribution in [1.82, 2.24) is 0 Å². The molecule has 0 aliphatic rings. The highest BCUT2D eigenvalue weighted by molar-refractivity contribution is 5.57. The Bertz CT molecular complexity index is 517. The third-order valence-corrected chi connectivity index (χ3v) is 3.91. The average Bonchev–Trinajstić information content (AvgIpc) is 2.84. The van der Waals surface area contributed by atoms with Gasteiger partial charge in [0.05, 0.1) is 19.8 Å². The minimum absolute atomic E-state index is 0.0258. The van der Waals surface area contributed by atoms with Crippen molar-refractivity contribution in [2.45, 2.75) is 67.5 Å². The van der Waals surface area contributed by atoms with Gasteiger partial charge < -0.3 is 80.8 Å². The summed E-state index contributed by atoms with van der Waals surface area (Å²) in [5, 5.41) is 113. The van der Waals surface area contributed by atoms with Gasteiger partial charge in [-0.3, -0.25) is 0 Å². The second kappa shape index (κ2) is 18.9. The maximum absolute atomic E-state index is 9.91. The van der Waals surface area contributed by atoms with E-state index in [9.17, 15) is 14.4 Å². The summed E-state index contributed by atoms with van der Waals surface area (Å²) in [5.74, 6) is 0. The van der Waals surface area contributed by atoms with Crippen molar-refractivity contribution in [3.05, 3.63) is 0 Å². The number of hydrogen-bond acceptors (Lipinski definition) is 16. The van der Waals surface area contributed by atoms with E-state index in [0.717, 1.165) is 6.92 Å². The van der Waals surface area contributed by atoms with Gasteiger partial charge >= 0.3 is 0 Å². The number of aliphatic hydroxyl groups excluding tert-OH is 12. The molecule has 0 aliphatic heterocycles. The zero-order valence-corrected chi connectivity index (χ0v) is 17.6. The molecule has 0 radical (unpaired) electrons. The van der Waals surface area contributed by atoms with Gasteiger partial charge in [-0.1, -0.05) is 0 Å². The van der Waals surface area contributed by atoms with Crippen LogP contribution in [0.3, 0.4) is 0 Å². The smallest absolute Gasteiger partial charge is 0.151 e. The summed E-state index contributed by atoms with van der Waals surface area (Å²) in [4.78, 5) is 29.6. The SMILES string of the molecule is CC(O)(CO)C(O)C(O)C=O.O=CC(O)C(O)C(O)C(O)CO.O=CC(O)C(O)C(O)CO. The van der Waals surface area contributed by atoms with Crippen molar-refractivity contribution in [3.63, 3.8) is 0 Å². The summed E-state index contributed by atoms with van der Waals surface area (Å²) < 4.78 is 0. The van der Waals surface area contributed by atoms with E-state index in [1.807, 2.05) is 0 Å². The van der Waals surface area contributed by atoms with E-state index in [0.29, 0.717) is 0 Å². The normalized spacial score (nSPS) is 20.9. The van der Waals surface area contributed by atoms with Gasteiger partial charge in [-0.25, -0.2) is 0 Å². The van der Waals surface area contributed by atoms with Crippen LogP contribution in [0.15, 0.2) is 0 Å². The van der Waals surface area contributed by atoms with Crippen LogP contribution in [0, 0.1) is 0 Å². The summed E-state index contributed by atoms with van der Waals surface area (Å²) in [6.45, 7) is -1.06. The summed E-state index contributed by atoms with van der Waals surface area (Å²) >= 11 is 0. The van der Waals surface area contributed by atoms with Gasteiger partial charge in [0, 0.05) is 0 Å². The number of carbonyl (C=O) groups excluding carboxylic acids is 3. The van der Waals surface area contributed by atoms with Crippen LogP contribution in [0.1, 0.15) is 6.92 Å². The molecule has 0 aliphatic carbocycles. The average molecular weight is 494 g/mol. The third-order valence-electron chi connectivity index (χ3n) is 3.91. The molecule has 0 heterocycles. The summed E-state index contributed by atoms with van der Waals surface area (Å²) in [6, 6.07) is 0. The zero-order valence-electron chi connectivity index (χ0n) is 17.6. The predicted molar refractivity (Wildman–Crippen MR) is 104 cm³/mol. The zero-order chi connectivity index (χ0) is 26.9. The molecule has 0 saturated heterocycles. The Morgan fingerprint density at radius 2 is 0.939 bits per heavy atom. The van der Waals surface area contributed by atoms with Crippen LogP contribution in [0.25, 0.3) is 0 Å². The molecular weight excluding hydrogens is 460 g/mol. The van der Waals surface area contributed by atoms with Crippen molar-refractivity contribution in [1.29, 1.82) is 0 Å². The minimum atomic E-state index is -1.85. The molecule has 0 rings (SSSR count). The number of aldehydes is 3. The Labute approximate surface area is 187 Å². The lowest BCUT2D eigenvalue weighted by Crippen LogP contribution is -2.50. The lowest BCUT2D eigenvalue weighted by atomic mass is 9.96. The van der Waals surface area contributed by atoms with Gasteiger partial charge in [-0.15, -0.1) is 0 Å². The Morgan fingerprint density at radius 1 is 0.606 bits per heavy atom. The molecule has 10 unspecified atom stereocenters. The number of carbonyl (C=O) groups is 3. The predicted octanol–water partition coefficient (Wildman–Crippen LogP) is -8.47. The fourth-order valence-electron chi connectivity index (χ4n) is 1.57. The maximum Gasteiger partial charge on any atom is 0.151 e. The monoisotopic (exact) mass is 494 g/mol.